The second kappa shape index (κ2) is 7.53. The van der Waals surface area contributed by atoms with Crippen LogP contribution in [0.15, 0.2) is 42.5 Å². The van der Waals surface area contributed by atoms with Crippen molar-refractivity contribution >= 4 is 23.5 Å². The molecule has 140 valence electrons. The largest absolute Gasteiger partial charge is 0.478 e. The van der Waals surface area contributed by atoms with E-state index in [9.17, 15) is 23.2 Å². The highest BCUT2D eigenvalue weighted by molar-refractivity contribution is 6.09. The monoisotopic (exact) mass is 374 g/mol. The van der Waals surface area contributed by atoms with Gasteiger partial charge in [-0.2, -0.15) is 0 Å². The highest BCUT2D eigenvalue weighted by atomic mass is 19.1. The van der Waals surface area contributed by atoms with Crippen molar-refractivity contribution in [2.45, 2.75) is 13.0 Å². The molecule has 0 bridgehead atoms. The van der Waals surface area contributed by atoms with E-state index in [0.29, 0.717) is 11.6 Å². The Balaban J connectivity index is 1.62. The van der Waals surface area contributed by atoms with E-state index in [4.69, 9.17) is 5.11 Å². The Morgan fingerprint density at radius 1 is 1.11 bits per heavy atom. The lowest BCUT2D eigenvalue weighted by Crippen LogP contribution is -2.36. The van der Waals surface area contributed by atoms with E-state index in [2.05, 4.69) is 5.32 Å². The molecule has 0 spiro atoms. The number of hydrogen-bond acceptors (Lipinski definition) is 3. The van der Waals surface area contributed by atoms with Gasteiger partial charge in [0, 0.05) is 24.8 Å². The predicted molar refractivity (Wildman–Crippen MR) is 92.1 cm³/mol. The van der Waals surface area contributed by atoms with E-state index < -0.39 is 35.3 Å². The maximum absolute atomic E-state index is 13.4. The molecule has 1 aliphatic heterocycles. The number of anilines is 1. The average Bonchev–Trinajstić information content (AvgIpc) is 3.00. The number of halogens is 2. The van der Waals surface area contributed by atoms with Crippen LogP contribution in [-0.2, 0) is 16.1 Å². The van der Waals surface area contributed by atoms with Gasteiger partial charge in [0.15, 0.2) is 0 Å². The first-order valence-corrected chi connectivity index (χ1v) is 8.22. The van der Waals surface area contributed by atoms with Crippen molar-refractivity contribution < 1.29 is 28.3 Å². The molecule has 2 aromatic rings. The number of rotatable bonds is 5. The zero-order valence-electron chi connectivity index (χ0n) is 14.1. The van der Waals surface area contributed by atoms with Crippen LogP contribution < -0.4 is 10.2 Å². The summed E-state index contributed by atoms with van der Waals surface area (Å²) in [6, 6.07) is 8.79. The smallest absolute Gasteiger partial charge is 0.335 e. The van der Waals surface area contributed by atoms with Crippen LogP contribution in [-0.4, -0.2) is 29.4 Å². The molecular weight excluding hydrogens is 358 g/mol. The van der Waals surface area contributed by atoms with E-state index in [1.165, 1.54) is 17.0 Å². The average molecular weight is 374 g/mol. The third kappa shape index (κ3) is 4.11. The van der Waals surface area contributed by atoms with Gasteiger partial charge in [-0.25, -0.2) is 13.6 Å². The summed E-state index contributed by atoms with van der Waals surface area (Å²) < 4.78 is 26.7. The fourth-order valence-electron chi connectivity index (χ4n) is 2.95. The molecule has 1 atom stereocenters. The summed E-state index contributed by atoms with van der Waals surface area (Å²) in [4.78, 5) is 36.8. The quantitative estimate of drug-likeness (QED) is 0.787. The Morgan fingerprint density at radius 2 is 1.74 bits per heavy atom. The number of carbonyl (C=O) groups is 3. The molecule has 0 saturated carbocycles. The van der Waals surface area contributed by atoms with Gasteiger partial charge in [-0.1, -0.05) is 12.1 Å². The number of hydrogen-bond donors (Lipinski definition) is 2. The lowest BCUT2D eigenvalue weighted by Gasteiger charge is -2.17. The van der Waals surface area contributed by atoms with Gasteiger partial charge in [-0.05, 0) is 36.2 Å². The Kier molecular flexibility index (Phi) is 5.16. The maximum Gasteiger partial charge on any atom is 0.335 e. The van der Waals surface area contributed by atoms with Crippen LogP contribution in [0.3, 0.4) is 0 Å². The second-order valence-corrected chi connectivity index (χ2v) is 6.18. The zero-order chi connectivity index (χ0) is 19.6. The first-order valence-electron chi connectivity index (χ1n) is 8.22. The van der Waals surface area contributed by atoms with Gasteiger partial charge in [0.05, 0.1) is 5.56 Å². The minimum atomic E-state index is -1.05. The van der Waals surface area contributed by atoms with Crippen LogP contribution in [0.4, 0.5) is 14.5 Å². The molecule has 0 radical (unpaired) electrons. The molecule has 1 fully saturated rings. The predicted octanol–water partition coefficient (Wildman–Crippen LogP) is 2.33. The number of benzene rings is 2. The van der Waals surface area contributed by atoms with Crippen LogP contribution in [0.1, 0.15) is 22.3 Å². The van der Waals surface area contributed by atoms with Crippen molar-refractivity contribution in [3.05, 3.63) is 65.2 Å². The normalized spacial score (nSPS) is 16.4. The maximum atomic E-state index is 13.4. The number of carboxylic acid groups (broad SMARTS) is 1. The molecular formula is C19H16F2N2O4. The van der Waals surface area contributed by atoms with E-state index >= 15 is 0 Å². The van der Waals surface area contributed by atoms with Crippen molar-refractivity contribution in [2.75, 3.05) is 11.4 Å². The fraction of sp³-hybridized carbons (Fsp3) is 0.211. The molecule has 1 saturated heterocycles. The highest BCUT2D eigenvalue weighted by Gasteiger charge is 2.37. The Hall–Kier alpha value is -3.29. The lowest BCUT2D eigenvalue weighted by atomic mass is 10.1. The molecule has 6 nitrogen and oxygen atoms in total. The summed E-state index contributed by atoms with van der Waals surface area (Å²) in [7, 11) is 0. The van der Waals surface area contributed by atoms with E-state index in [1.54, 1.807) is 12.1 Å². The van der Waals surface area contributed by atoms with Crippen molar-refractivity contribution in [2.24, 2.45) is 5.92 Å². The van der Waals surface area contributed by atoms with E-state index in [-0.39, 0.29) is 30.8 Å². The number of aromatic carboxylic acids is 1. The molecule has 27 heavy (non-hydrogen) atoms. The topological polar surface area (TPSA) is 86.7 Å². The van der Waals surface area contributed by atoms with Crippen LogP contribution in [0.5, 0.6) is 0 Å². The first kappa shape index (κ1) is 18.5. The summed E-state index contributed by atoms with van der Waals surface area (Å²) in [6.07, 6.45) is 0.237. The third-order valence-electron chi connectivity index (χ3n) is 4.35. The summed E-state index contributed by atoms with van der Waals surface area (Å²) in [5.41, 5.74) is 0.897. The summed E-state index contributed by atoms with van der Waals surface area (Å²) in [5.74, 6) is -4.57. The van der Waals surface area contributed by atoms with E-state index in [0.717, 1.165) is 12.1 Å². The lowest BCUT2D eigenvalue weighted by molar-refractivity contribution is -0.132. The van der Waals surface area contributed by atoms with Crippen molar-refractivity contribution in [3.63, 3.8) is 0 Å². The van der Waals surface area contributed by atoms with Gasteiger partial charge < -0.3 is 15.3 Å². The van der Waals surface area contributed by atoms with Gasteiger partial charge >= 0.3 is 5.97 Å². The SMILES string of the molecule is O=C(O)c1ccc(CNC(=O)C2CCN(c3cc(F)cc(F)c3)C2=O)cc1. The van der Waals surface area contributed by atoms with Crippen LogP contribution in [0.25, 0.3) is 0 Å². The van der Waals surface area contributed by atoms with Crippen molar-refractivity contribution in [1.29, 1.82) is 0 Å². The first-order chi connectivity index (χ1) is 12.8. The molecule has 3 rings (SSSR count). The van der Waals surface area contributed by atoms with Gasteiger partial charge in [-0.15, -0.1) is 0 Å². The number of carbonyl (C=O) groups excluding carboxylic acids is 2. The minimum Gasteiger partial charge on any atom is -0.478 e. The van der Waals surface area contributed by atoms with Crippen LogP contribution in [0, 0.1) is 17.6 Å². The highest BCUT2D eigenvalue weighted by Crippen LogP contribution is 2.27. The minimum absolute atomic E-state index is 0.0806. The molecule has 1 unspecified atom stereocenters. The molecule has 8 heteroatoms. The number of nitrogens with zero attached hydrogens (tertiary/aromatic N) is 1. The van der Waals surface area contributed by atoms with Gasteiger partial charge in [0.2, 0.25) is 11.8 Å². The molecule has 2 N–H and O–H groups in total. The fourth-order valence-corrected chi connectivity index (χ4v) is 2.95. The van der Waals surface area contributed by atoms with Crippen LogP contribution >= 0.6 is 0 Å². The van der Waals surface area contributed by atoms with E-state index in [1.807, 2.05) is 0 Å². The number of amides is 2. The van der Waals surface area contributed by atoms with Gasteiger partial charge in [0.1, 0.15) is 17.6 Å². The second-order valence-electron chi connectivity index (χ2n) is 6.18. The van der Waals surface area contributed by atoms with Crippen molar-refractivity contribution in [3.8, 4) is 0 Å². The molecule has 0 aliphatic carbocycles. The standard InChI is InChI=1S/C19H16F2N2O4/c20-13-7-14(21)9-15(8-13)23-6-5-16(18(23)25)17(24)22-10-11-1-3-12(4-2-11)19(26)27/h1-4,7-9,16H,5-6,10H2,(H,22,24)(H,26,27). The third-order valence-corrected chi connectivity index (χ3v) is 4.35. The van der Waals surface area contributed by atoms with Gasteiger partial charge in [0.25, 0.3) is 0 Å². The summed E-state index contributed by atoms with van der Waals surface area (Å²) in [5, 5.41) is 11.5. The molecule has 1 aliphatic rings. The van der Waals surface area contributed by atoms with Crippen LogP contribution in [0.2, 0.25) is 0 Å². The molecule has 0 aromatic heterocycles. The van der Waals surface area contributed by atoms with Crippen molar-refractivity contribution in [1.82, 2.24) is 5.32 Å². The zero-order valence-corrected chi connectivity index (χ0v) is 14.1. The van der Waals surface area contributed by atoms with Gasteiger partial charge in [-0.3, -0.25) is 9.59 Å². The molecule has 2 aromatic carbocycles. The summed E-state index contributed by atoms with van der Waals surface area (Å²) >= 11 is 0. The molecule has 2 amide bonds. The Labute approximate surface area is 153 Å². The Bertz CT molecular complexity index is 879. The number of nitrogens with one attached hydrogen (secondary N) is 1. The number of carboxylic acids is 1. The summed E-state index contributed by atoms with van der Waals surface area (Å²) in [6.45, 7) is 0.324. The molecule has 1 heterocycles. The Morgan fingerprint density at radius 3 is 2.33 bits per heavy atom.